The van der Waals surface area contributed by atoms with Crippen molar-refractivity contribution in [3.05, 3.63) is 56.0 Å². The third kappa shape index (κ3) is 3.28. The van der Waals surface area contributed by atoms with Crippen LogP contribution in [0.2, 0.25) is 0 Å². The summed E-state index contributed by atoms with van der Waals surface area (Å²) in [5, 5.41) is 17.8. The summed E-state index contributed by atoms with van der Waals surface area (Å²) < 4.78 is 6.27. The molecule has 1 unspecified atom stereocenters. The molecular weight excluding hydrogens is 340 g/mol. The van der Waals surface area contributed by atoms with Gasteiger partial charge in [-0.15, -0.1) is 0 Å². The fourth-order valence-corrected chi connectivity index (χ4v) is 2.94. The summed E-state index contributed by atoms with van der Waals surface area (Å²) in [4.78, 5) is 35.1. The van der Waals surface area contributed by atoms with E-state index < -0.39 is 16.9 Å². The van der Waals surface area contributed by atoms with Gasteiger partial charge in [0.1, 0.15) is 11.8 Å². The number of amides is 1. The van der Waals surface area contributed by atoms with Gasteiger partial charge in [-0.3, -0.25) is 19.7 Å². The summed E-state index contributed by atoms with van der Waals surface area (Å²) >= 11 is 0. The van der Waals surface area contributed by atoms with Crippen LogP contribution in [0.15, 0.2) is 29.1 Å². The third-order valence-electron chi connectivity index (χ3n) is 4.38. The minimum absolute atomic E-state index is 0.149. The zero-order valence-electron chi connectivity index (χ0n) is 14.4. The van der Waals surface area contributed by atoms with E-state index >= 15 is 0 Å². The molecule has 1 aromatic carbocycles. The van der Waals surface area contributed by atoms with Gasteiger partial charge in [-0.2, -0.15) is 5.10 Å². The zero-order chi connectivity index (χ0) is 18.8. The van der Waals surface area contributed by atoms with Crippen molar-refractivity contribution in [2.75, 3.05) is 12.4 Å². The molecule has 2 aromatic rings. The number of non-ortho nitro benzene ring substituents is 1. The molecule has 0 bridgehead atoms. The molecule has 136 valence electrons. The lowest BCUT2D eigenvalue weighted by Crippen LogP contribution is -2.34. The van der Waals surface area contributed by atoms with Crippen molar-refractivity contribution < 1.29 is 14.5 Å². The Morgan fingerprint density at radius 3 is 2.85 bits per heavy atom. The van der Waals surface area contributed by atoms with Crippen LogP contribution in [-0.4, -0.2) is 27.7 Å². The van der Waals surface area contributed by atoms with Crippen molar-refractivity contribution in [2.24, 2.45) is 0 Å². The van der Waals surface area contributed by atoms with E-state index in [-0.39, 0.29) is 22.7 Å². The molecule has 1 aromatic heterocycles. The van der Waals surface area contributed by atoms with Crippen LogP contribution < -0.4 is 15.6 Å². The lowest BCUT2D eigenvalue weighted by Gasteiger charge is -2.16. The van der Waals surface area contributed by atoms with Gasteiger partial charge in [-0.25, -0.2) is 4.68 Å². The number of aromatic nitrogens is 2. The lowest BCUT2D eigenvalue weighted by molar-refractivity contribution is -0.384. The van der Waals surface area contributed by atoms with Crippen molar-refractivity contribution in [3.8, 4) is 5.75 Å². The molecule has 1 amide bonds. The largest absolute Gasteiger partial charge is 0.494 e. The average molecular weight is 358 g/mol. The number of ether oxygens (including phenoxy) is 1. The fourth-order valence-electron chi connectivity index (χ4n) is 2.94. The molecular formula is C17H18N4O5. The quantitative estimate of drug-likeness (QED) is 0.644. The first-order chi connectivity index (χ1) is 12.4. The Hall–Kier alpha value is -3.23. The van der Waals surface area contributed by atoms with Crippen LogP contribution in [0.25, 0.3) is 0 Å². The molecule has 1 N–H and O–H groups in total. The first kappa shape index (κ1) is 17.6. The number of hydrogen-bond donors (Lipinski definition) is 1. The molecule has 0 saturated carbocycles. The lowest BCUT2D eigenvalue weighted by atomic mass is 10.2. The van der Waals surface area contributed by atoms with Gasteiger partial charge in [-0.05, 0) is 37.8 Å². The predicted octanol–water partition coefficient (Wildman–Crippen LogP) is 1.85. The number of carbonyl (C=O) groups is 1. The van der Waals surface area contributed by atoms with Gasteiger partial charge in [0.2, 0.25) is 5.91 Å². The van der Waals surface area contributed by atoms with Gasteiger partial charge in [-0.1, -0.05) is 0 Å². The van der Waals surface area contributed by atoms with E-state index in [1.54, 1.807) is 6.92 Å². The van der Waals surface area contributed by atoms with Gasteiger partial charge >= 0.3 is 0 Å². The predicted molar refractivity (Wildman–Crippen MR) is 93.5 cm³/mol. The Morgan fingerprint density at radius 2 is 2.15 bits per heavy atom. The summed E-state index contributed by atoms with van der Waals surface area (Å²) in [5.41, 5.74) is 1.59. The second-order valence-electron chi connectivity index (χ2n) is 6.06. The maximum atomic E-state index is 12.6. The van der Waals surface area contributed by atoms with E-state index in [1.807, 2.05) is 0 Å². The number of aryl methyl sites for hydroxylation is 2. The minimum Gasteiger partial charge on any atom is -0.494 e. The minimum atomic E-state index is -0.840. The second kappa shape index (κ2) is 6.95. The Labute approximate surface area is 148 Å². The number of methoxy groups -OCH3 is 1. The van der Waals surface area contributed by atoms with Crippen molar-refractivity contribution in [1.29, 1.82) is 0 Å². The number of fused-ring (bicyclic) bond motifs is 1. The highest BCUT2D eigenvalue weighted by molar-refractivity contribution is 5.95. The third-order valence-corrected chi connectivity index (χ3v) is 4.38. The van der Waals surface area contributed by atoms with Gasteiger partial charge in [0.05, 0.1) is 29.5 Å². The fraction of sp³-hybridized carbons (Fsp3) is 0.353. The van der Waals surface area contributed by atoms with Gasteiger partial charge in [0.25, 0.3) is 11.2 Å². The number of rotatable bonds is 5. The van der Waals surface area contributed by atoms with E-state index in [2.05, 4.69) is 10.4 Å². The van der Waals surface area contributed by atoms with E-state index in [0.717, 1.165) is 35.2 Å². The molecule has 0 saturated heterocycles. The number of carbonyl (C=O) groups excluding carboxylic acids is 1. The Balaban J connectivity index is 1.84. The van der Waals surface area contributed by atoms with Gasteiger partial charge in [0.15, 0.2) is 0 Å². The number of anilines is 1. The van der Waals surface area contributed by atoms with Crippen molar-refractivity contribution in [1.82, 2.24) is 9.78 Å². The van der Waals surface area contributed by atoms with Crippen molar-refractivity contribution in [2.45, 2.75) is 32.2 Å². The molecule has 0 spiro atoms. The maximum Gasteiger partial charge on any atom is 0.273 e. The van der Waals surface area contributed by atoms with Gasteiger partial charge < -0.3 is 10.1 Å². The topological polar surface area (TPSA) is 116 Å². The summed E-state index contributed by atoms with van der Waals surface area (Å²) in [6, 6.07) is 4.57. The smallest absolute Gasteiger partial charge is 0.273 e. The SMILES string of the molecule is COc1cc([N+](=O)[O-])ccc1NC(=O)C(C)n1nc2c(cc1=O)CCC2. The van der Waals surface area contributed by atoms with Gasteiger partial charge in [0, 0.05) is 12.1 Å². The van der Waals surface area contributed by atoms with E-state index in [9.17, 15) is 19.7 Å². The maximum absolute atomic E-state index is 12.6. The number of nitro groups is 1. The Kier molecular flexibility index (Phi) is 4.70. The Morgan fingerprint density at radius 1 is 1.38 bits per heavy atom. The first-order valence-electron chi connectivity index (χ1n) is 8.15. The highest BCUT2D eigenvalue weighted by Crippen LogP contribution is 2.29. The summed E-state index contributed by atoms with van der Waals surface area (Å²) in [5.74, 6) is -0.307. The number of benzene rings is 1. The summed E-state index contributed by atoms with van der Waals surface area (Å²) in [6.45, 7) is 1.57. The first-order valence-corrected chi connectivity index (χ1v) is 8.15. The van der Waals surface area contributed by atoms with Crippen LogP contribution in [0.3, 0.4) is 0 Å². The van der Waals surface area contributed by atoms with E-state index in [4.69, 9.17) is 4.74 Å². The van der Waals surface area contributed by atoms with Crippen LogP contribution in [0.1, 0.15) is 30.6 Å². The summed E-state index contributed by atoms with van der Waals surface area (Å²) in [6.07, 6.45) is 2.57. The average Bonchev–Trinajstić information content (AvgIpc) is 3.07. The highest BCUT2D eigenvalue weighted by atomic mass is 16.6. The number of nitro benzene ring substituents is 1. The summed E-state index contributed by atoms with van der Waals surface area (Å²) in [7, 11) is 1.35. The molecule has 0 fully saturated rings. The molecule has 0 aliphatic heterocycles. The molecule has 1 aliphatic carbocycles. The second-order valence-corrected chi connectivity index (χ2v) is 6.06. The highest BCUT2D eigenvalue weighted by Gasteiger charge is 2.22. The molecule has 9 heteroatoms. The molecule has 1 atom stereocenters. The zero-order valence-corrected chi connectivity index (χ0v) is 14.4. The van der Waals surface area contributed by atoms with Crippen molar-refractivity contribution in [3.63, 3.8) is 0 Å². The van der Waals surface area contributed by atoms with E-state index in [0.29, 0.717) is 0 Å². The monoisotopic (exact) mass is 358 g/mol. The van der Waals surface area contributed by atoms with Crippen molar-refractivity contribution >= 4 is 17.3 Å². The van der Waals surface area contributed by atoms with Crippen LogP contribution >= 0.6 is 0 Å². The Bertz CT molecular complexity index is 937. The molecule has 1 heterocycles. The molecule has 26 heavy (non-hydrogen) atoms. The van der Waals surface area contributed by atoms with Crippen LogP contribution in [0, 0.1) is 10.1 Å². The molecule has 9 nitrogen and oxygen atoms in total. The van der Waals surface area contributed by atoms with Crippen LogP contribution in [-0.2, 0) is 17.6 Å². The molecule has 3 rings (SSSR count). The van der Waals surface area contributed by atoms with E-state index in [1.165, 1.54) is 31.4 Å². The molecule has 1 aliphatic rings. The van der Waals surface area contributed by atoms with Crippen LogP contribution in [0.4, 0.5) is 11.4 Å². The number of nitrogens with one attached hydrogen (secondary N) is 1. The normalized spacial score (nSPS) is 13.8. The molecule has 0 radical (unpaired) electrons. The number of nitrogens with zero attached hydrogens (tertiary/aromatic N) is 3. The van der Waals surface area contributed by atoms with Crippen LogP contribution in [0.5, 0.6) is 5.75 Å². The number of hydrogen-bond acceptors (Lipinski definition) is 6. The standard InChI is InChI=1S/C17H18N4O5/c1-10(20-16(22)8-11-4-3-5-13(11)19-20)17(23)18-14-7-6-12(21(24)25)9-15(14)26-2/h6-10H,3-5H2,1-2H3,(H,18,23).